The highest BCUT2D eigenvalue weighted by atomic mass is 16.5. The molecule has 0 saturated heterocycles. The summed E-state index contributed by atoms with van der Waals surface area (Å²) in [6, 6.07) is 3.53. The monoisotopic (exact) mass is 249 g/mol. The molecule has 1 aromatic heterocycles. The summed E-state index contributed by atoms with van der Waals surface area (Å²) in [4.78, 5) is 15.6. The van der Waals surface area contributed by atoms with Crippen molar-refractivity contribution in [1.82, 2.24) is 10.3 Å². The molecule has 0 fully saturated rings. The Labute approximate surface area is 107 Å². The third kappa shape index (κ3) is 4.97. The SMILES string of the molecule is C=CCNC(=O)c1ccc(NCCCOC)cn1. The zero-order valence-electron chi connectivity index (χ0n) is 10.6. The van der Waals surface area contributed by atoms with Crippen molar-refractivity contribution in [1.29, 1.82) is 0 Å². The van der Waals surface area contributed by atoms with Crippen LogP contribution < -0.4 is 10.6 Å². The summed E-state index contributed by atoms with van der Waals surface area (Å²) in [5, 5.41) is 5.87. The largest absolute Gasteiger partial charge is 0.385 e. The lowest BCUT2D eigenvalue weighted by Crippen LogP contribution is -2.24. The average Bonchev–Trinajstić information content (AvgIpc) is 2.41. The van der Waals surface area contributed by atoms with Gasteiger partial charge in [0.05, 0.1) is 11.9 Å². The molecule has 1 heterocycles. The number of carbonyl (C=O) groups is 1. The Balaban J connectivity index is 2.41. The Morgan fingerprint density at radius 2 is 2.39 bits per heavy atom. The van der Waals surface area contributed by atoms with Gasteiger partial charge in [0, 0.05) is 26.8 Å². The molecule has 0 radical (unpaired) electrons. The molecular formula is C13H19N3O2. The van der Waals surface area contributed by atoms with Gasteiger partial charge in [-0.25, -0.2) is 4.98 Å². The second-order valence-electron chi connectivity index (χ2n) is 3.70. The van der Waals surface area contributed by atoms with Crippen molar-refractivity contribution in [3.8, 4) is 0 Å². The van der Waals surface area contributed by atoms with Gasteiger partial charge in [0.2, 0.25) is 0 Å². The maximum absolute atomic E-state index is 11.6. The van der Waals surface area contributed by atoms with Gasteiger partial charge in [0.15, 0.2) is 0 Å². The van der Waals surface area contributed by atoms with E-state index in [1.807, 2.05) is 6.07 Å². The van der Waals surface area contributed by atoms with Crippen LogP contribution in [0.3, 0.4) is 0 Å². The molecule has 1 rings (SSSR count). The highest BCUT2D eigenvalue weighted by Crippen LogP contribution is 2.06. The molecule has 0 aliphatic rings. The molecule has 0 aromatic carbocycles. The zero-order valence-corrected chi connectivity index (χ0v) is 10.6. The Morgan fingerprint density at radius 3 is 3.00 bits per heavy atom. The van der Waals surface area contributed by atoms with E-state index < -0.39 is 0 Å². The Bertz CT molecular complexity index is 376. The fraction of sp³-hybridized carbons (Fsp3) is 0.385. The van der Waals surface area contributed by atoms with Gasteiger partial charge < -0.3 is 15.4 Å². The molecule has 0 unspecified atom stereocenters. The van der Waals surface area contributed by atoms with Crippen LogP contribution in [-0.2, 0) is 4.74 Å². The number of hydrogen-bond donors (Lipinski definition) is 2. The predicted molar refractivity (Wildman–Crippen MR) is 71.7 cm³/mol. The van der Waals surface area contributed by atoms with Crippen LogP contribution in [-0.4, -0.2) is 37.7 Å². The lowest BCUT2D eigenvalue weighted by Gasteiger charge is -2.06. The molecule has 18 heavy (non-hydrogen) atoms. The number of nitrogens with zero attached hydrogens (tertiary/aromatic N) is 1. The van der Waals surface area contributed by atoms with Crippen molar-refractivity contribution in [2.45, 2.75) is 6.42 Å². The third-order valence-electron chi connectivity index (χ3n) is 2.26. The molecule has 98 valence electrons. The maximum Gasteiger partial charge on any atom is 0.270 e. The van der Waals surface area contributed by atoms with E-state index in [-0.39, 0.29) is 5.91 Å². The lowest BCUT2D eigenvalue weighted by atomic mass is 10.3. The Morgan fingerprint density at radius 1 is 1.56 bits per heavy atom. The van der Waals surface area contributed by atoms with Crippen molar-refractivity contribution in [3.63, 3.8) is 0 Å². The number of carbonyl (C=O) groups excluding carboxylic acids is 1. The van der Waals surface area contributed by atoms with E-state index in [1.54, 1.807) is 25.4 Å². The normalized spacial score (nSPS) is 9.83. The van der Waals surface area contributed by atoms with Gasteiger partial charge in [-0.1, -0.05) is 6.08 Å². The first-order chi connectivity index (χ1) is 8.77. The number of amides is 1. The molecule has 0 aliphatic heterocycles. The molecule has 1 aromatic rings. The summed E-state index contributed by atoms with van der Waals surface area (Å²) in [5.74, 6) is -0.194. The van der Waals surface area contributed by atoms with E-state index in [9.17, 15) is 4.79 Å². The first-order valence-corrected chi connectivity index (χ1v) is 5.86. The van der Waals surface area contributed by atoms with Gasteiger partial charge >= 0.3 is 0 Å². The summed E-state index contributed by atoms with van der Waals surface area (Å²) in [5.41, 5.74) is 1.30. The van der Waals surface area contributed by atoms with Crippen LogP contribution >= 0.6 is 0 Å². The fourth-order valence-corrected chi connectivity index (χ4v) is 1.34. The topological polar surface area (TPSA) is 63.2 Å². The van der Waals surface area contributed by atoms with E-state index in [0.717, 1.165) is 25.3 Å². The van der Waals surface area contributed by atoms with E-state index in [2.05, 4.69) is 22.2 Å². The van der Waals surface area contributed by atoms with Gasteiger partial charge in [-0.3, -0.25) is 4.79 Å². The van der Waals surface area contributed by atoms with Crippen LogP contribution in [0.25, 0.3) is 0 Å². The third-order valence-corrected chi connectivity index (χ3v) is 2.26. The van der Waals surface area contributed by atoms with Crippen LogP contribution in [0.15, 0.2) is 31.0 Å². The van der Waals surface area contributed by atoms with Crippen LogP contribution in [0.5, 0.6) is 0 Å². The summed E-state index contributed by atoms with van der Waals surface area (Å²) < 4.78 is 4.95. The number of hydrogen-bond acceptors (Lipinski definition) is 4. The highest BCUT2D eigenvalue weighted by molar-refractivity contribution is 5.92. The molecule has 0 spiro atoms. The number of methoxy groups -OCH3 is 1. The van der Waals surface area contributed by atoms with Gasteiger partial charge in [-0.2, -0.15) is 0 Å². The quantitative estimate of drug-likeness (QED) is 0.540. The minimum atomic E-state index is -0.194. The molecule has 5 nitrogen and oxygen atoms in total. The Hall–Kier alpha value is -1.88. The van der Waals surface area contributed by atoms with Crippen molar-refractivity contribution >= 4 is 11.6 Å². The molecule has 0 saturated carbocycles. The zero-order chi connectivity index (χ0) is 13.2. The first kappa shape index (κ1) is 14.2. The summed E-state index contributed by atoms with van der Waals surface area (Å²) >= 11 is 0. The molecule has 0 bridgehead atoms. The van der Waals surface area contributed by atoms with Crippen molar-refractivity contribution in [2.75, 3.05) is 32.1 Å². The molecular weight excluding hydrogens is 230 g/mol. The van der Waals surface area contributed by atoms with E-state index in [4.69, 9.17) is 4.74 Å². The average molecular weight is 249 g/mol. The van der Waals surface area contributed by atoms with Crippen LogP contribution in [0.4, 0.5) is 5.69 Å². The van der Waals surface area contributed by atoms with E-state index in [0.29, 0.717) is 12.2 Å². The van der Waals surface area contributed by atoms with E-state index in [1.165, 1.54) is 0 Å². The maximum atomic E-state index is 11.6. The second-order valence-corrected chi connectivity index (χ2v) is 3.70. The summed E-state index contributed by atoms with van der Waals surface area (Å²) in [7, 11) is 1.68. The van der Waals surface area contributed by atoms with Gasteiger partial charge in [0.1, 0.15) is 5.69 Å². The minimum absolute atomic E-state index is 0.194. The molecule has 0 aliphatic carbocycles. The first-order valence-electron chi connectivity index (χ1n) is 5.86. The van der Waals surface area contributed by atoms with E-state index >= 15 is 0 Å². The fourth-order valence-electron chi connectivity index (χ4n) is 1.34. The molecule has 1 amide bonds. The number of aromatic nitrogens is 1. The number of nitrogens with one attached hydrogen (secondary N) is 2. The number of pyridine rings is 1. The number of rotatable bonds is 8. The highest BCUT2D eigenvalue weighted by Gasteiger charge is 2.04. The molecule has 0 atom stereocenters. The second kappa shape index (κ2) is 8.25. The van der Waals surface area contributed by atoms with Gasteiger partial charge in [-0.05, 0) is 18.6 Å². The molecule has 2 N–H and O–H groups in total. The van der Waals surface area contributed by atoms with Crippen molar-refractivity contribution < 1.29 is 9.53 Å². The van der Waals surface area contributed by atoms with Crippen LogP contribution in [0, 0.1) is 0 Å². The summed E-state index contributed by atoms with van der Waals surface area (Å²) in [6.07, 6.45) is 4.21. The smallest absolute Gasteiger partial charge is 0.270 e. The van der Waals surface area contributed by atoms with Crippen molar-refractivity contribution in [2.24, 2.45) is 0 Å². The summed E-state index contributed by atoms with van der Waals surface area (Å²) in [6.45, 7) is 5.52. The molecule has 5 heteroatoms. The van der Waals surface area contributed by atoms with Crippen molar-refractivity contribution in [3.05, 3.63) is 36.7 Å². The predicted octanol–water partition coefficient (Wildman–Crippen LogP) is 1.45. The number of ether oxygens (including phenoxy) is 1. The van der Waals surface area contributed by atoms with Crippen LogP contribution in [0.1, 0.15) is 16.9 Å². The minimum Gasteiger partial charge on any atom is -0.385 e. The Kier molecular flexibility index (Phi) is 6.50. The van der Waals surface area contributed by atoms with Gasteiger partial charge in [-0.15, -0.1) is 6.58 Å². The van der Waals surface area contributed by atoms with Gasteiger partial charge in [0.25, 0.3) is 5.91 Å². The number of anilines is 1. The van der Waals surface area contributed by atoms with Crippen LogP contribution in [0.2, 0.25) is 0 Å². The lowest BCUT2D eigenvalue weighted by molar-refractivity contribution is 0.0953. The standard InChI is InChI=1S/C13H19N3O2/c1-3-7-15-13(17)12-6-5-11(10-16-12)14-8-4-9-18-2/h3,5-6,10,14H,1,4,7-9H2,2H3,(H,15,17).